The van der Waals surface area contributed by atoms with Gasteiger partial charge in [-0.3, -0.25) is 0 Å². The van der Waals surface area contributed by atoms with Crippen molar-refractivity contribution in [1.29, 1.82) is 0 Å². The van der Waals surface area contributed by atoms with Gasteiger partial charge < -0.3 is 4.74 Å². The third-order valence-corrected chi connectivity index (χ3v) is 3.48. The van der Waals surface area contributed by atoms with Gasteiger partial charge >= 0.3 is 5.97 Å². The summed E-state index contributed by atoms with van der Waals surface area (Å²) in [4.78, 5) is 12.2. The first kappa shape index (κ1) is 13.0. The molecule has 0 amide bonds. The molecule has 0 N–H and O–H groups in total. The molecule has 20 heavy (non-hydrogen) atoms. The van der Waals surface area contributed by atoms with E-state index in [4.69, 9.17) is 4.74 Å². The van der Waals surface area contributed by atoms with Gasteiger partial charge in [-0.25, -0.2) is 4.79 Å². The van der Waals surface area contributed by atoms with Gasteiger partial charge in [0.25, 0.3) is 0 Å². The van der Waals surface area contributed by atoms with Crippen LogP contribution in [0.1, 0.15) is 47.1 Å². The maximum atomic E-state index is 12.2. The minimum atomic E-state index is -0.329. The second-order valence-electron chi connectivity index (χ2n) is 7.23. The van der Waals surface area contributed by atoms with Crippen LogP contribution in [0, 0.1) is 5.41 Å². The van der Waals surface area contributed by atoms with Gasteiger partial charge in [-0.15, -0.1) is 5.10 Å². The van der Waals surface area contributed by atoms with Gasteiger partial charge in [0.1, 0.15) is 5.35 Å². The maximum absolute atomic E-state index is 12.2. The molecular formula is C14H18N4O2. The van der Waals surface area contributed by atoms with Gasteiger partial charge in [0.05, 0.1) is 5.57 Å². The van der Waals surface area contributed by atoms with Crippen molar-refractivity contribution in [3.05, 3.63) is 10.9 Å². The van der Waals surface area contributed by atoms with Crippen LogP contribution in [0.2, 0.25) is 0 Å². The molecule has 0 radical (unpaired) electrons. The molecule has 0 unspecified atom stereocenters. The molecule has 0 spiro atoms. The Hall–Kier alpha value is -1.98. The highest BCUT2D eigenvalue weighted by atomic mass is 16.5. The zero-order chi connectivity index (χ0) is 14.9. The summed E-state index contributed by atoms with van der Waals surface area (Å²) in [5, 5.41) is 12.6. The average Bonchev–Trinajstić information content (AvgIpc) is 2.83. The van der Waals surface area contributed by atoms with E-state index in [0.29, 0.717) is 22.3 Å². The van der Waals surface area contributed by atoms with Gasteiger partial charge in [0.15, 0.2) is 11.4 Å². The van der Waals surface area contributed by atoms with Crippen LogP contribution in [0.4, 0.5) is 0 Å². The lowest BCUT2D eigenvalue weighted by Crippen LogP contribution is -2.23. The third kappa shape index (κ3) is 1.57. The molecule has 6 heteroatoms. The van der Waals surface area contributed by atoms with E-state index in [1.54, 1.807) is 4.52 Å². The summed E-state index contributed by atoms with van der Waals surface area (Å²) in [6.45, 7) is 12.1. The fourth-order valence-corrected chi connectivity index (χ4v) is 2.71. The largest absolute Gasteiger partial charge is 0.420 e. The molecule has 1 aliphatic rings. The first-order valence-electron chi connectivity index (χ1n) is 6.63. The Labute approximate surface area is 116 Å². The molecule has 0 atom stereocenters. The number of carbonyl (C=O) groups is 1. The molecule has 3 heterocycles. The van der Waals surface area contributed by atoms with Crippen molar-refractivity contribution >= 4 is 17.2 Å². The number of hydrogen-bond donors (Lipinski definition) is 0. The summed E-state index contributed by atoms with van der Waals surface area (Å²) >= 11 is 0. The Balaban J connectivity index is 2.54. The lowest BCUT2D eigenvalue weighted by molar-refractivity contribution is -0.128. The van der Waals surface area contributed by atoms with E-state index in [9.17, 15) is 4.79 Å². The zero-order valence-corrected chi connectivity index (χ0v) is 12.6. The Morgan fingerprint density at radius 1 is 1.05 bits per heavy atom. The van der Waals surface area contributed by atoms with Gasteiger partial charge in [0, 0.05) is 5.56 Å². The highest BCUT2D eigenvalue weighted by Crippen LogP contribution is 2.38. The number of rotatable bonds is 0. The summed E-state index contributed by atoms with van der Waals surface area (Å²) in [5.41, 5.74) is 1.63. The fourth-order valence-electron chi connectivity index (χ4n) is 2.71. The number of tetrazole rings is 1. The van der Waals surface area contributed by atoms with Crippen LogP contribution in [-0.4, -0.2) is 26.0 Å². The molecule has 0 bridgehead atoms. The SMILES string of the molecule is CC(C)(C)C1=c2c(c(C(C)(C)C)c3nnnn23)OC1=O. The summed E-state index contributed by atoms with van der Waals surface area (Å²) in [5.74, 6) is 0.287. The molecule has 1 aliphatic heterocycles. The van der Waals surface area contributed by atoms with Crippen molar-refractivity contribution in [1.82, 2.24) is 20.0 Å². The Bertz CT molecular complexity index is 775. The lowest BCUT2D eigenvalue weighted by atomic mass is 9.86. The van der Waals surface area contributed by atoms with Crippen LogP contribution in [0.5, 0.6) is 5.75 Å². The summed E-state index contributed by atoms with van der Waals surface area (Å²) in [7, 11) is 0. The van der Waals surface area contributed by atoms with Gasteiger partial charge in [-0.1, -0.05) is 41.5 Å². The number of carbonyl (C=O) groups excluding carboxylic acids is 1. The summed E-state index contributed by atoms with van der Waals surface area (Å²) in [6.07, 6.45) is 0. The van der Waals surface area contributed by atoms with E-state index in [2.05, 4.69) is 36.3 Å². The van der Waals surface area contributed by atoms with Crippen molar-refractivity contribution < 1.29 is 9.53 Å². The van der Waals surface area contributed by atoms with Crippen LogP contribution in [-0.2, 0) is 10.2 Å². The van der Waals surface area contributed by atoms with Gasteiger partial charge in [-0.2, -0.15) is 4.52 Å². The molecule has 0 saturated carbocycles. The van der Waals surface area contributed by atoms with Crippen molar-refractivity contribution in [3.8, 4) is 5.75 Å². The maximum Gasteiger partial charge on any atom is 0.342 e. The Morgan fingerprint density at radius 2 is 1.70 bits per heavy atom. The quantitative estimate of drug-likeness (QED) is 0.676. The lowest BCUT2D eigenvalue weighted by Gasteiger charge is -2.18. The minimum absolute atomic E-state index is 0.211. The molecular weight excluding hydrogens is 256 g/mol. The Morgan fingerprint density at radius 3 is 2.25 bits per heavy atom. The standard InChI is InChI=1S/C14H18N4O2/c1-13(2,3)7-9-10(20-12(7)19)8(14(4,5)6)11-15-16-17-18(9)11/h1-6H3. The molecule has 0 aromatic carbocycles. The normalized spacial score (nSPS) is 15.9. The Kier molecular flexibility index (Phi) is 2.32. The number of nitrogens with zero attached hydrogens (tertiary/aromatic N) is 4. The number of fused-ring (bicyclic) bond motifs is 3. The number of ether oxygens (including phenoxy) is 1. The molecule has 2 aromatic heterocycles. The second-order valence-corrected chi connectivity index (χ2v) is 7.23. The monoisotopic (exact) mass is 274 g/mol. The highest BCUT2D eigenvalue weighted by molar-refractivity contribution is 6.15. The molecule has 106 valence electrons. The molecule has 0 aliphatic carbocycles. The van der Waals surface area contributed by atoms with E-state index >= 15 is 0 Å². The highest BCUT2D eigenvalue weighted by Gasteiger charge is 2.40. The van der Waals surface area contributed by atoms with E-state index in [1.165, 1.54) is 0 Å². The predicted octanol–water partition coefficient (Wildman–Crippen LogP) is 1.26. The smallest absolute Gasteiger partial charge is 0.342 e. The average molecular weight is 274 g/mol. The van der Waals surface area contributed by atoms with Crippen molar-refractivity contribution in [2.24, 2.45) is 5.41 Å². The third-order valence-electron chi connectivity index (χ3n) is 3.48. The number of aromatic nitrogens is 4. The topological polar surface area (TPSA) is 69.4 Å². The molecule has 3 rings (SSSR count). The molecule has 0 fully saturated rings. The van der Waals surface area contributed by atoms with Gasteiger partial charge in [-0.05, 0) is 21.3 Å². The van der Waals surface area contributed by atoms with Crippen LogP contribution in [0.15, 0.2) is 0 Å². The number of hydrogen-bond acceptors (Lipinski definition) is 5. The van der Waals surface area contributed by atoms with Crippen molar-refractivity contribution in [2.75, 3.05) is 0 Å². The predicted molar refractivity (Wildman–Crippen MR) is 73.2 cm³/mol. The summed E-state index contributed by atoms with van der Waals surface area (Å²) < 4.78 is 7.17. The van der Waals surface area contributed by atoms with Crippen LogP contribution in [0.25, 0.3) is 11.2 Å². The fraction of sp³-hybridized carbons (Fsp3) is 0.571. The minimum Gasteiger partial charge on any atom is -0.420 e. The van der Waals surface area contributed by atoms with Crippen LogP contribution >= 0.6 is 0 Å². The molecule has 2 aromatic rings. The van der Waals surface area contributed by atoms with E-state index in [-0.39, 0.29) is 16.8 Å². The van der Waals surface area contributed by atoms with E-state index in [1.807, 2.05) is 20.8 Å². The first-order valence-corrected chi connectivity index (χ1v) is 6.63. The van der Waals surface area contributed by atoms with E-state index in [0.717, 1.165) is 5.56 Å². The van der Waals surface area contributed by atoms with Gasteiger partial charge in [0.2, 0.25) is 0 Å². The number of esters is 1. The van der Waals surface area contributed by atoms with E-state index < -0.39 is 0 Å². The molecule has 0 saturated heterocycles. The summed E-state index contributed by atoms with van der Waals surface area (Å²) in [6, 6.07) is 0. The van der Waals surface area contributed by atoms with Crippen LogP contribution in [0.3, 0.4) is 0 Å². The second kappa shape index (κ2) is 3.56. The first-order chi connectivity index (χ1) is 9.12. The van der Waals surface area contributed by atoms with Crippen molar-refractivity contribution in [3.63, 3.8) is 0 Å². The molecule has 6 nitrogen and oxygen atoms in total. The van der Waals surface area contributed by atoms with Crippen molar-refractivity contribution in [2.45, 2.75) is 47.0 Å². The zero-order valence-electron chi connectivity index (χ0n) is 12.6. The van der Waals surface area contributed by atoms with Crippen LogP contribution < -0.4 is 10.1 Å².